The van der Waals surface area contributed by atoms with Crippen molar-refractivity contribution < 1.29 is 0 Å². The highest BCUT2D eigenvalue weighted by atomic mass is 32.1. The second-order valence-electron chi connectivity index (χ2n) is 15.7. The Balaban J connectivity index is 1.10. The number of benzene rings is 11. The van der Waals surface area contributed by atoms with Crippen LogP contribution in [0.2, 0.25) is 0 Å². The third-order valence-electron chi connectivity index (χ3n) is 12.2. The summed E-state index contributed by atoms with van der Waals surface area (Å²) in [6.45, 7) is 0. The molecule has 0 atom stereocenters. The SMILES string of the molecule is c1ccc(-c2ccc(N(c3cccc(N(c4cccc5ccccc45)c4cccc5ccccc45)c3)c3ccc4c5ccccc5c5c6ccccc6sc5c4c3)cc2)cc1. The van der Waals surface area contributed by atoms with Crippen LogP contribution in [0.3, 0.4) is 0 Å². The molecule has 0 bridgehead atoms. The number of rotatable bonds is 7. The first-order valence-corrected chi connectivity index (χ1v) is 21.7. The lowest BCUT2D eigenvalue weighted by atomic mass is 9.96. The second kappa shape index (κ2) is 14.5. The number of hydrogen-bond acceptors (Lipinski definition) is 3. The van der Waals surface area contributed by atoms with E-state index < -0.39 is 0 Å². The first kappa shape index (κ1) is 35.2. The molecule has 0 unspecified atom stereocenters. The van der Waals surface area contributed by atoms with E-state index in [1.165, 1.54) is 74.4 Å². The highest BCUT2D eigenvalue weighted by molar-refractivity contribution is 7.27. The van der Waals surface area contributed by atoms with Gasteiger partial charge in [-0.1, -0.05) is 170 Å². The minimum absolute atomic E-state index is 1.07. The summed E-state index contributed by atoms with van der Waals surface area (Å²) < 4.78 is 2.63. The lowest BCUT2D eigenvalue weighted by molar-refractivity contribution is 1.26. The molecule has 0 spiro atoms. The van der Waals surface area contributed by atoms with Gasteiger partial charge in [0.15, 0.2) is 0 Å². The molecular formula is C58H38N2S. The lowest BCUT2D eigenvalue weighted by Crippen LogP contribution is -2.13. The van der Waals surface area contributed by atoms with E-state index >= 15 is 0 Å². The van der Waals surface area contributed by atoms with Gasteiger partial charge >= 0.3 is 0 Å². The van der Waals surface area contributed by atoms with E-state index in [1.807, 2.05) is 11.3 Å². The minimum atomic E-state index is 1.07. The largest absolute Gasteiger partial charge is 0.310 e. The number of hydrogen-bond donors (Lipinski definition) is 0. The van der Waals surface area contributed by atoms with Crippen LogP contribution in [0.4, 0.5) is 34.1 Å². The third kappa shape index (κ3) is 5.93. The van der Waals surface area contributed by atoms with Gasteiger partial charge in [0.25, 0.3) is 0 Å². The Morgan fingerprint density at radius 1 is 0.279 bits per heavy atom. The van der Waals surface area contributed by atoms with Crippen molar-refractivity contribution in [2.75, 3.05) is 9.80 Å². The Kier molecular flexibility index (Phi) is 8.39. The van der Waals surface area contributed by atoms with Gasteiger partial charge in [-0.05, 0) is 98.7 Å². The molecule has 0 radical (unpaired) electrons. The van der Waals surface area contributed by atoms with E-state index in [0.717, 1.165) is 34.1 Å². The summed E-state index contributed by atoms with van der Waals surface area (Å²) in [5, 5.41) is 12.6. The van der Waals surface area contributed by atoms with E-state index in [9.17, 15) is 0 Å². The molecule has 0 N–H and O–H groups in total. The normalized spacial score (nSPS) is 11.6. The molecule has 11 aromatic carbocycles. The highest BCUT2D eigenvalue weighted by Gasteiger charge is 2.22. The fourth-order valence-corrected chi connectivity index (χ4v) is 10.6. The van der Waals surface area contributed by atoms with Crippen molar-refractivity contribution in [1.82, 2.24) is 0 Å². The van der Waals surface area contributed by atoms with Crippen LogP contribution in [0.1, 0.15) is 0 Å². The number of anilines is 6. The molecule has 12 rings (SSSR count). The average molecular weight is 795 g/mol. The zero-order chi connectivity index (χ0) is 40.3. The Labute approximate surface area is 358 Å². The summed E-state index contributed by atoms with van der Waals surface area (Å²) in [7, 11) is 0. The van der Waals surface area contributed by atoms with Crippen molar-refractivity contribution in [2.45, 2.75) is 0 Å². The van der Waals surface area contributed by atoms with Crippen LogP contribution in [0.25, 0.3) is 74.4 Å². The van der Waals surface area contributed by atoms with Gasteiger partial charge in [-0.25, -0.2) is 0 Å². The molecule has 1 heterocycles. The van der Waals surface area contributed by atoms with Crippen molar-refractivity contribution >= 4 is 109 Å². The fraction of sp³-hybridized carbons (Fsp3) is 0. The molecule has 0 aliphatic heterocycles. The Hall–Kier alpha value is -7.72. The summed E-state index contributed by atoms with van der Waals surface area (Å²) in [5.41, 5.74) is 9.00. The summed E-state index contributed by atoms with van der Waals surface area (Å²) in [4.78, 5) is 4.87. The van der Waals surface area contributed by atoms with E-state index in [1.54, 1.807) is 0 Å². The topological polar surface area (TPSA) is 6.48 Å². The van der Waals surface area contributed by atoms with Crippen LogP contribution < -0.4 is 9.80 Å². The van der Waals surface area contributed by atoms with Crippen LogP contribution in [0.15, 0.2) is 231 Å². The number of nitrogens with zero attached hydrogens (tertiary/aromatic N) is 2. The Bertz CT molecular complexity index is 3520. The predicted octanol–water partition coefficient (Wildman–Crippen LogP) is 17.3. The van der Waals surface area contributed by atoms with Crippen molar-refractivity contribution in [3.8, 4) is 11.1 Å². The maximum absolute atomic E-state index is 2.44. The maximum Gasteiger partial charge on any atom is 0.0540 e. The van der Waals surface area contributed by atoms with E-state index in [-0.39, 0.29) is 0 Å². The molecule has 0 amide bonds. The molecular weight excluding hydrogens is 757 g/mol. The number of thiophene rings is 1. The van der Waals surface area contributed by atoms with Gasteiger partial charge in [0.05, 0.1) is 11.4 Å². The molecule has 61 heavy (non-hydrogen) atoms. The van der Waals surface area contributed by atoms with E-state index in [2.05, 4.69) is 240 Å². The standard InChI is InChI=1S/C58H38N2S/c1-2-15-39(16-3-1)40-31-33-43(34-32-40)59(46-35-36-50-49-25-8-9-26-51(49)57-52-27-10-11-30-56(52)61-58(57)53(50)38-46)44-21-14-22-45(37-44)60(54-28-12-19-41-17-4-6-23-47(41)54)55-29-13-20-42-18-5-7-24-48(42)55/h1-38H. The summed E-state index contributed by atoms with van der Waals surface area (Å²) >= 11 is 1.90. The van der Waals surface area contributed by atoms with Gasteiger partial charge in [0, 0.05) is 59.1 Å². The van der Waals surface area contributed by atoms with Gasteiger partial charge in [0.2, 0.25) is 0 Å². The maximum atomic E-state index is 2.44. The van der Waals surface area contributed by atoms with Gasteiger partial charge < -0.3 is 9.80 Å². The van der Waals surface area contributed by atoms with Gasteiger partial charge in [-0.15, -0.1) is 11.3 Å². The van der Waals surface area contributed by atoms with Crippen LogP contribution in [-0.4, -0.2) is 0 Å². The van der Waals surface area contributed by atoms with Crippen molar-refractivity contribution in [1.29, 1.82) is 0 Å². The Morgan fingerprint density at radius 2 is 0.770 bits per heavy atom. The molecule has 0 aliphatic rings. The molecule has 3 heteroatoms. The summed E-state index contributed by atoms with van der Waals surface area (Å²) in [6.07, 6.45) is 0. The molecule has 0 saturated carbocycles. The average Bonchev–Trinajstić information content (AvgIpc) is 3.73. The quantitative estimate of drug-likeness (QED) is 0.148. The van der Waals surface area contributed by atoms with E-state index in [4.69, 9.17) is 0 Å². The molecule has 0 fully saturated rings. The van der Waals surface area contributed by atoms with Crippen molar-refractivity contribution in [2.24, 2.45) is 0 Å². The van der Waals surface area contributed by atoms with Crippen LogP contribution >= 0.6 is 11.3 Å². The van der Waals surface area contributed by atoms with E-state index in [0.29, 0.717) is 0 Å². The van der Waals surface area contributed by atoms with Crippen LogP contribution in [-0.2, 0) is 0 Å². The second-order valence-corrected chi connectivity index (χ2v) is 16.7. The first-order chi connectivity index (χ1) is 30.3. The van der Waals surface area contributed by atoms with Crippen molar-refractivity contribution in [3.63, 3.8) is 0 Å². The first-order valence-electron chi connectivity index (χ1n) is 20.8. The zero-order valence-corrected chi connectivity index (χ0v) is 34.1. The number of fused-ring (bicyclic) bond motifs is 10. The summed E-state index contributed by atoms with van der Waals surface area (Å²) in [6, 6.07) is 84.2. The lowest BCUT2D eigenvalue weighted by Gasteiger charge is -2.31. The highest BCUT2D eigenvalue weighted by Crippen LogP contribution is 2.48. The molecule has 2 nitrogen and oxygen atoms in total. The molecule has 12 aromatic rings. The Morgan fingerprint density at radius 3 is 1.48 bits per heavy atom. The van der Waals surface area contributed by atoms with Gasteiger partial charge in [-0.2, -0.15) is 0 Å². The third-order valence-corrected chi connectivity index (χ3v) is 13.4. The molecule has 0 aliphatic carbocycles. The smallest absolute Gasteiger partial charge is 0.0540 e. The minimum Gasteiger partial charge on any atom is -0.310 e. The molecule has 1 aromatic heterocycles. The van der Waals surface area contributed by atoms with Crippen LogP contribution in [0.5, 0.6) is 0 Å². The van der Waals surface area contributed by atoms with Crippen LogP contribution in [0, 0.1) is 0 Å². The molecule has 0 saturated heterocycles. The molecule has 286 valence electrons. The summed E-state index contributed by atoms with van der Waals surface area (Å²) in [5.74, 6) is 0. The monoisotopic (exact) mass is 794 g/mol. The van der Waals surface area contributed by atoms with Gasteiger partial charge in [0.1, 0.15) is 0 Å². The zero-order valence-electron chi connectivity index (χ0n) is 33.2. The van der Waals surface area contributed by atoms with Crippen molar-refractivity contribution in [3.05, 3.63) is 231 Å². The fourth-order valence-electron chi connectivity index (χ4n) is 9.40. The van der Waals surface area contributed by atoms with Gasteiger partial charge in [-0.3, -0.25) is 0 Å². The predicted molar refractivity (Wildman–Crippen MR) is 264 cm³/mol.